The van der Waals surface area contributed by atoms with Crippen LogP contribution in [0.25, 0.3) is 10.9 Å². The van der Waals surface area contributed by atoms with E-state index in [0.29, 0.717) is 23.9 Å². The smallest absolute Gasteiger partial charge is 0.253 e. The maximum Gasteiger partial charge on any atom is 0.253 e. The number of piperidine rings is 1. The van der Waals surface area contributed by atoms with Crippen molar-refractivity contribution in [3.8, 4) is 5.75 Å². The molecule has 182 valence electrons. The zero-order valence-corrected chi connectivity index (χ0v) is 20.8. The van der Waals surface area contributed by atoms with Gasteiger partial charge in [0.15, 0.2) is 5.82 Å². The van der Waals surface area contributed by atoms with Crippen molar-refractivity contribution in [1.29, 1.82) is 0 Å². The summed E-state index contributed by atoms with van der Waals surface area (Å²) >= 11 is 0. The molecule has 8 heteroatoms. The van der Waals surface area contributed by atoms with Crippen LogP contribution in [0.3, 0.4) is 0 Å². The standard InChI is InChI=1S/C27H32N6O2/c1-17-6-5-13-32(15-17)25(23-14-21-10-7-18(2)19(3)24(21)28-27(23)34)26-29-30-31-33(26)16-20-8-11-22(35-4)12-9-20/h7-12,14,17,25H,5-6,13,15-16H2,1-4H3,(H,28,34)/t17-,25+/m0/s1. The summed E-state index contributed by atoms with van der Waals surface area (Å²) in [5.74, 6) is 2.03. The van der Waals surface area contributed by atoms with E-state index in [1.807, 2.05) is 41.9 Å². The highest BCUT2D eigenvalue weighted by atomic mass is 16.5. The number of aryl methyl sites for hydroxylation is 2. The minimum absolute atomic E-state index is 0.0894. The number of hydrogen-bond acceptors (Lipinski definition) is 6. The number of methoxy groups -OCH3 is 1. The number of nitrogens with zero attached hydrogens (tertiary/aromatic N) is 5. The number of aromatic amines is 1. The van der Waals surface area contributed by atoms with Gasteiger partial charge in [0.05, 0.1) is 19.2 Å². The third kappa shape index (κ3) is 4.58. The molecule has 1 saturated heterocycles. The Labute approximate surface area is 204 Å². The van der Waals surface area contributed by atoms with Gasteiger partial charge < -0.3 is 9.72 Å². The van der Waals surface area contributed by atoms with Gasteiger partial charge >= 0.3 is 0 Å². The van der Waals surface area contributed by atoms with Gasteiger partial charge in [-0.2, -0.15) is 0 Å². The third-order valence-corrected chi connectivity index (χ3v) is 7.22. The number of H-pyrrole nitrogens is 1. The van der Waals surface area contributed by atoms with Crippen LogP contribution in [-0.2, 0) is 6.54 Å². The van der Waals surface area contributed by atoms with E-state index in [2.05, 4.69) is 51.4 Å². The first-order valence-electron chi connectivity index (χ1n) is 12.2. The number of tetrazole rings is 1. The highest BCUT2D eigenvalue weighted by molar-refractivity contribution is 5.83. The van der Waals surface area contributed by atoms with E-state index in [0.717, 1.165) is 52.9 Å². The Morgan fingerprint density at radius 1 is 1.17 bits per heavy atom. The highest BCUT2D eigenvalue weighted by Crippen LogP contribution is 2.31. The Kier molecular flexibility index (Phi) is 6.38. The topological polar surface area (TPSA) is 88.9 Å². The number of fused-ring (bicyclic) bond motifs is 1. The fourth-order valence-electron chi connectivity index (χ4n) is 5.13. The number of rotatable bonds is 6. The fraction of sp³-hybridized carbons (Fsp3) is 0.407. The summed E-state index contributed by atoms with van der Waals surface area (Å²) < 4.78 is 7.10. The van der Waals surface area contributed by atoms with Crippen LogP contribution >= 0.6 is 0 Å². The average molecular weight is 473 g/mol. The minimum Gasteiger partial charge on any atom is -0.497 e. The second-order valence-corrected chi connectivity index (χ2v) is 9.71. The molecule has 2 aromatic carbocycles. The number of pyridine rings is 1. The van der Waals surface area contributed by atoms with E-state index in [4.69, 9.17) is 4.74 Å². The Bertz CT molecular complexity index is 1390. The van der Waals surface area contributed by atoms with Crippen LogP contribution in [0, 0.1) is 19.8 Å². The quantitative estimate of drug-likeness (QED) is 0.456. The molecule has 5 rings (SSSR count). The monoisotopic (exact) mass is 472 g/mol. The lowest BCUT2D eigenvalue weighted by Crippen LogP contribution is -2.41. The Hall–Kier alpha value is -3.52. The van der Waals surface area contributed by atoms with Crippen molar-refractivity contribution >= 4 is 10.9 Å². The maximum atomic E-state index is 13.5. The molecule has 1 fully saturated rings. The summed E-state index contributed by atoms with van der Waals surface area (Å²) in [6.07, 6.45) is 2.27. The first kappa shape index (κ1) is 23.2. The highest BCUT2D eigenvalue weighted by Gasteiger charge is 2.33. The maximum absolute atomic E-state index is 13.5. The summed E-state index contributed by atoms with van der Waals surface area (Å²) in [6, 6.07) is 13.8. The van der Waals surface area contributed by atoms with Crippen LogP contribution < -0.4 is 10.3 Å². The normalized spacial score (nSPS) is 17.5. The van der Waals surface area contributed by atoms with Crippen molar-refractivity contribution in [2.24, 2.45) is 5.92 Å². The Morgan fingerprint density at radius 3 is 2.71 bits per heavy atom. The van der Waals surface area contributed by atoms with Crippen LogP contribution in [0.5, 0.6) is 5.75 Å². The van der Waals surface area contributed by atoms with E-state index in [9.17, 15) is 4.79 Å². The van der Waals surface area contributed by atoms with E-state index >= 15 is 0 Å². The van der Waals surface area contributed by atoms with Gasteiger partial charge in [0.1, 0.15) is 11.8 Å². The molecule has 0 radical (unpaired) electrons. The number of nitrogens with one attached hydrogen (secondary N) is 1. The van der Waals surface area contributed by atoms with Crippen molar-refractivity contribution in [2.45, 2.75) is 46.2 Å². The number of ether oxygens (including phenoxy) is 1. The number of aromatic nitrogens is 5. The first-order valence-corrected chi connectivity index (χ1v) is 12.2. The molecule has 8 nitrogen and oxygen atoms in total. The molecule has 0 unspecified atom stereocenters. The number of benzene rings is 2. The zero-order valence-electron chi connectivity index (χ0n) is 20.8. The second-order valence-electron chi connectivity index (χ2n) is 9.71. The molecular formula is C27H32N6O2. The molecule has 0 aliphatic carbocycles. The molecule has 35 heavy (non-hydrogen) atoms. The molecule has 1 aliphatic heterocycles. The molecule has 4 aromatic rings. The molecule has 0 amide bonds. The van der Waals surface area contributed by atoms with E-state index in [-0.39, 0.29) is 11.6 Å². The van der Waals surface area contributed by atoms with E-state index < -0.39 is 0 Å². The molecule has 3 heterocycles. The predicted octanol–water partition coefficient (Wildman–Crippen LogP) is 4.01. The lowest BCUT2D eigenvalue weighted by Gasteiger charge is -2.36. The summed E-state index contributed by atoms with van der Waals surface area (Å²) in [7, 11) is 1.66. The Balaban J connectivity index is 1.60. The summed E-state index contributed by atoms with van der Waals surface area (Å²) in [6.45, 7) is 8.67. The van der Waals surface area contributed by atoms with Crippen molar-refractivity contribution in [3.63, 3.8) is 0 Å². The predicted molar refractivity (Wildman–Crippen MR) is 136 cm³/mol. The van der Waals surface area contributed by atoms with Crippen LogP contribution in [0.2, 0.25) is 0 Å². The van der Waals surface area contributed by atoms with Crippen LogP contribution in [0.1, 0.15) is 53.9 Å². The minimum atomic E-state index is -0.333. The summed E-state index contributed by atoms with van der Waals surface area (Å²) in [5.41, 5.74) is 4.80. The molecular weight excluding hydrogens is 440 g/mol. The van der Waals surface area contributed by atoms with Gasteiger partial charge in [-0.05, 0) is 89.9 Å². The largest absolute Gasteiger partial charge is 0.497 e. The van der Waals surface area contributed by atoms with Gasteiger partial charge in [-0.15, -0.1) is 5.10 Å². The summed E-state index contributed by atoms with van der Waals surface area (Å²) in [4.78, 5) is 19.1. The first-order chi connectivity index (χ1) is 16.9. The van der Waals surface area contributed by atoms with E-state index in [1.54, 1.807) is 7.11 Å². The summed E-state index contributed by atoms with van der Waals surface area (Å²) in [5, 5.41) is 13.8. The van der Waals surface area contributed by atoms with Gasteiger partial charge in [0.2, 0.25) is 0 Å². The number of hydrogen-bond donors (Lipinski definition) is 1. The van der Waals surface area contributed by atoms with Crippen molar-refractivity contribution in [2.75, 3.05) is 20.2 Å². The van der Waals surface area contributed by atoms with Crippen molar-refractivity contribution < 1.29 is 4.74 Å². The second kappa shape index (κ2) is 9.62. The molecule has 2 aromatic heterocycles. The fourth-order valence-corrected chi connectivity index (χ4v) is 5.13. The Morgan fingerprint density at radius 2 is 1.97 bits per heavy atom. The van der Waals surface area contributed by atoms with Crippen LogP contribution in [0.15, 0.2) is 47.3 Å². The van der Waals surface area contributed by atoms with Gasteiger partial charge in [0.25, 0.3) is 5.56 Å². The van der Waals surface area contributed by atoms with Crippen LogP contribution in [-0.4, -0.2) is 50.3 Å². The van der Waals surface area contributed by atoms with Gasteiger partial charge in [-0.25, -0.2) is 4.68 Å². The lowest BCUT2D eigenvalue weighted by atomic mass is 9.95. The van der Waals surface area contributed by atoms with Gasteiger partial charge in [-0.3, -0.25) is 9.69 Å². The molecule has 1 N–H and O–H groups in total. The van der Waals surface area contributed by atoms with Gasteiger partial charge in [0, 0.05) is 12.1 Å². The molecule has 0 saturated carbocycles. The van der Waals surface area contributed by atoms with Crippen molar-refractivity contribution in [3.05, 3.63) is 80.9 Å². The van der Waals surface area contributed by atoms with Crippen molar-refractivity contribution in [1.82, 2.24) is 30.1 Å². The van der Waals surface area contributed by atoms with Crippen LogP contribution in [0.4, 0.5) is 0 Å². The van der Waals surface area contributed by atoms with E-state index in [1.165, 1.54) is 6.42 Å². The van der Waals surface area contributed by atoms with Gasteiger partial charge in [-0.1, -0.05) is 31.2 Å². The molecule has 0 bridgehead atoms. The third-order valence-electron chi connectivity index (χ3n) is 7.22. The SMILES string of the molecule is COc1ccc(Cn2nnnc2[C@@H](c2cc3ccc(C)c(C)c3[nH]c2=O)N2CCC[C@H](C)C2)cc1. The zero-order chi connectivity index (χ0) is 24.5. The molecule has 2 atom stereocenters. The molecule has 1 aliphatic rings. The molecule has 0 spiro atoms. The number of likely N-dealkylation sites (tertiary alicyclic amines) is 1. The average Bonchev–Trinajstić information content (AvgIpc) is 3.30. The lowest BCUT2D eigenvalue weighted by molar-refractivity contribution is 0.141.